The number of fused-ring (bicyclic) bond motifs is 10. The van der Waals surface area contributed by atoms with Gasteiger partial charge in [-0.15, -0.1) is 0 Å². The van der Waals surface area contributed by atoms with E-state index < -0.39 is 0 Å². The Morgan fingerprint density at radius 1 is 0.176 bits per heavy atom. The quantitative estimate of drug-likeness (QED) is 0.0954. The van der Waals surface area contributed by atoms with Gasteiger partial charge in [-0.1, -0.05) is 294 Å². The molecule has 0 spiro atoms. The van der Waals surface area contributed by atoms with Crippen LogP contribution in [0.5, 0.6) is 0 Å². The predicted molar refractivity (Wildman–Crippen MR) is 535 cm³/mol. The Hall–Kier alpha value is -15.6. The van der Waals surface area contributed by atoms with Gasteiger partial charge < -0.3 is 23.8 Å². The van der Waals surface area contributed by atoms with Gasteiger partial charge in [0.25, 0.3) is 0 Å². The molecule has 2 heterocycles. The molecule has 598 valence electrons. The van der Waals surface area contributed by atoms with E-state index in [1.54, 1.807) is 0 Å². The molecule has 5 nitrogen and oxygen atoms in total. The Labute approximate surface area is 731 Å². The zero-order chi connectivity index (χ0) is 84.4. The van der Waals surface area contributed by atoms with E-state index in [1.807, 2.05) is 0 Å². The molecule has 0 fully saturated rings. The van der Waals surface area contributed by atoms with Gasteiger partial charge in [0.1, 0.15) is 0 Å². The van der Waals surface area contributed by atoms with Gasteiger partial charge >= 0.3 is 0 Å². The molecule has 0 N–H and O–H groups in total. The highest BCUT2D eigenvalue weighted by atomic mass is 15.2. The molecular formula is C120H93N5. The van der Waals surface area contributed by atoms with Crippen molar-refractivity contribution in [2.75, 3.05) is 14.7 Å². The summed E-state index contributed by atoms with van der Waals surface area (Å²) in [5, 5.41) is 15.0. The second-order valence-electron chi connectivity index (χ2n) is 34.2. The maximum Gasteiger partial charge on any atom is 0.0542 e. The molecule has 0 aliphatic heterocycles. The fraction of sp³-hybridized carbons (Fsp3) is 0.0667. The Bertz CT molecular complexity index is 7470. The number of hydrogen-bond donors (Lipinski definition) is 0. The summed E-state index contributed by atoms with van der Waals surface area (Å²) in [7, 11) is 0. The topological polar surface area (TPSA) is 19.6 Å². The summed E-state index contributed by atoms with van der Waals surface area (Å²) in [6.07, 6.45) is 0. The lowest BCUT2D eigenvalue weighted by molar-refractivity contribution is 0.591. The second kappa shape index (κ2) is 32.1. The van der Waals surface area contributed by atoms with E-state index in [9.17, 15) is 0 Å². The summed E-state index contributed by atoms with van der Waals surface area (Å²) in [6, 6.07) is 160. The molecule has 5 heteroatoms. The lowest BCUT2D eigenvalue weighted by Gasteiger charge is -2.26. The number of para-hydroxylation sites is 7. The number of anilines is 9. The standard InChI is InChI=1S/C66H51N3.C54H42N2/c1-44-38-59-61(40-46(44)3)66(62-41-47(4)45(2)39-60(62)65(59)48-20-10-5-11-21-48)49-30-32-54(33-31-49)69-63-36-34-55(67(50-22-12-6-13-23-50)51-24-14-7-15-25-51)42-57(63)58-43-56(35-37-64(58)69)68(52-26-16-8-17-27-52)53-28-18-9-19-29-53;1-54(2,3)39-29-33-47-49(35-39)53(37-17-7-4-8-18-37)46-25-14-13-24-45(46)52(47)38-27-30-42(31-28-38)56-50-26-16-15-23-44(50)48-36-43(32-34-51(48)56)55(40-19-9-5-10-20-40)41-21-11-6-12-22-41/h5-43H,1-4H3;4-36H,1-3H3. The van der Waals surface area contributed by atoms with Crippen LogP contribution >= 0.6 is 0 Å². The molecule has 2 aromatic heterocycles. The van der Waals surface area contributed by atoms with Crippen LogP contribution in [-0.4, -0.2) is 9.13 Å². The van der Waals surface area contributed by atoms with Crippen LogP contribution in [0.3, 0.4) is 0 Å². The van der Waals surface area contributed by atoms with Gasteiger partial charge in [-0.3, -0.25) is 0 Å². The third-order valence-corrected chi connectivity index (χ3v) is 25.4. The first kappa shape index (κ1) is 76.8. The van der Waals surface area contributed by atoms with Crippen molar-refractivity contribution in [2.45, 2.75) is 53.9 Å². The molecule has 0 atom stereocenters. The molecule has 0 radical (unpaired) electrons. The van der Waals surface area contributed by atoms with Crippen LogP contribution < -0.4 is 14.7 Å². The number of hydrogen-bond acceptors (Lipinski definition) is 3. The van der Waals surface area contributed by atoms with E-state index in [4.69, 9.17) is 0 Å². The Morgan fingerprint density at radius 3 is 0.736 bits per heavy atom. The molecule has 20 aromatic carbocycles. The summed E-state index contributed by atoms with van der Waals surface area (Å²) in [5.41, 5.74) is 33.5. The smallest absolute Gasteiger partial charge is 0.0542 e. The lowest BCUT2D eigenvalue weighted by atomic mass is 9.81. The third kappa shape index (κ3) is 14.0. The average molecular weight is 1610 g/mol. The highest BCUT2D eigenvalue weighted by molar-refractivity contribution is 6.24. The number of aryl methyl sites for hydroxylation is 4. The summed E-state index contributed by atoms with van der Waals surface area (Å²) in [4.78, 5) is 7.04. The highest BCUT2D eigenvalue weighted by Crippen LogP contribution is 2.51. The van der Waals surface area contributed by atoms with Crippen molar-refractivity contribution in [3.63, 3.8) is 0 Å². The molecule has 0 unspecified atom stereocenters. The lowest BCUT2D eigenvalue weighted by Crippen LogP contribution is -2.10. The van der Waals surface area contributed by atoms with Gasteiger partial charge in [0, 0.05) is 84.1 Å². The van der Waals surface area contributed by atoms with Gasteiger partial charge in [-0.05, 0) is 312 Å². The first-order valence-corrected chi connectivity index (χ1v) is 43.4. The van der Waals surface area contributed by atoms with Crippen molar-refractivity contribution in [3.05, 3.63) is 465 Å². The normalized spacial score (nSPS) is 11.6. The Kier molecular flexibility index (Phi) is 19.7. The van der Waals surface area contributed by atoms with Crippen molar-refractivity contribution < 1.29 is 0 Å². The molecule has 22 rings (SSSR count). The summed E-state index contributed by atoms with van der Waals surface area (Å²) < 4.78 is 4.86. The zero-order valence-corrected chi connectivity index (χ0v) is 71.3. The van der Waals surface area contributed by atoms with E-state index in [0.717, 1.165) is 73.6 Å². The first-order chi connectivity index (χ1) is 61.3. The number of benzene rings is 20. The van der Waals surface area contributed by atoms with Gasteiger partial charge in [0.15, 0.2) is 0 Å². The molecule has 0 amide bonds. The van der Waals surface area contributed by atoms with Crippen LogP contribution in [0.2, 0.25) is 0 Å². The second-order valence-corrected chi connectivity index (χ2v) is 34.2. The van der Waals surface area contributed by atoms with E-state index >= 15 is 0 Å². The Balaban J connectivity index is 0.000000156. The first-order valence-electron chi connectivity index (χ1n) is 43.4. The largest absolute Gasteiger partial charge is 0.310 e. The van der Waals surface area contributed by atoms with Gasteiger partial charge in [-0.2, -0.15) is 0 Å². The highest BCUT2D eigenvalue weighted by Gasteiger charge is 2.27. The zero-order valence-electron chi connectivity index (χ0n) is 71.3. The van der Waals surface area contributed by atoms with Gasteiger partial charge in [-0.25, -0.2) is 0 Å². The fourth-order valence-electron chi connectivity index (χ4n) is 19.1. The minimum absolute atomic E-state index is 0.0278. The van der Waals surface area contributed by atoms with Crippen molar-refractivity contribution >= 4 is 138 Å². The van der Waals surface area contributed by atoms with Crippen molar-refractivity contribution in [2.24, 2.45) is 0 Å². The average Bonchev–Trinajstić information content (AvgIpc) is 1.55. The van der Waals surface area contributed by atoms with Crippen LogP contribution in [0.15, 0.2) is 437 Å². The van der Waals surface area contributed by atoms with Crippen LogP contribution in [0, 0.1) is 27.7 Å². The number of aromatic nitrogens is 2. The molecule has 125 heavy (non-hydrogen) atoms. The van der Waals surface area contributed by atoms with Crippen LogP contribution in [0.1, 0.15) is 48.6 Å². The maximum absolute atomic E-state index is 2.45. The van der Waals surface area contributed by atoms with Crippen molar-refractivity contribution in [1.29, 1.82) is 0 Å². The van der Waals surface area contributed by atoms with Crippen molar-refractivity contribution in [1.82, 2.24) is 9.13 Å². The molecule has 0 saturated carbocycles. The predicted octanol–water partition coefficient (Wildman–Crippen LogP) is 33.8. The molecule has 0 aliphatic carbocycles. The van der Waals surface area contributed by atoms with E-state index in [1.165, 1.54) is 148 Å². The van der Waals surface area contributed by atoms with Crippen LogP contribution in [-0.2, 0) is 5.41 Å². The number of nitrogens with zero attached hydrogens (tertiary/aromatic N) is 5. The van der Waals surface area contributed by atoms with Crippen LogP contribution in [0.25, 0.3) is 143 Å². The Morgan fingerprint density at radius 2 is 0.416 bits per heavy atom. The molecule has 22 aromatic rings. The van der Waals surface area contributed by atoms with Gasteiger partial charge in [0.05, 0.1) is 22.1 Å². The van der Waals surface area contributed by atoms with E-state index in [2.05, 4.69) is 509 Å². The van der Waals surface area contributed by atoms with E-state index in [-0.39, 0.29) is 5.41 Å². The molecular weight excluding hydrogens is 1510 g/mol. The molecule has 0 aliphatic rings. The summed E-state index contributed by atoms with van der Waals surface area (Å²) in [5.74, 6) is 0. The van der Waals surface area contributed by atoms with Crippen molar-refractivity contribution in [3.8, 4) is 55.9 Å². The summed E-state index contributed by atoms with van der Waals surface area (Å²) in [6.45, 7) is 15.9. The minimum atomic E-state index is 0.0278. The van der Waals surface area contributed by atoms with E-state index in [0.29, 0.717) is 0 Å². The van der Waals surface area contributed by atoms with Crippen LogP contribution in [0.4, 0.5) is 51.2 Å². The van der Waals surface area contributed by atoms with Gasteiger partial charge in [0.2, 0.25) is 0 Å². The third-order valence-electron chi connectivity index (χ3n) is 25.4. The molecule has 0 bridgehead atoms. The fourth-order valence-corrected chi connectivity index (χ4v) is 19.1. The monoisotopic (exact) mass is 1600 g/mol. The maximum atomic E-state index is 2.45. The summed E-state index contributed by atoms with van der Waals surface area (Å²) >= 11 is 0. The number of rotatable bonds is 15. The molecule has 0 saturated heterocycles. The minimum Gasteiger partial charge on any atom is -0.310 e. The SMILES string of the molecule is CC(C)(C)c1ccc2c(-c3ccc(-n4c5ccccc5c5cc(N(c6ccccc6)c6ccccc6)ccc54)cc3)c3ccccc3c(-c3ccccc3)c2c1.Cc1cc2c(-c3ccccc3)c3cc(C)c(C)cc3c(-c3ccc(-n4c5ccc(N(c6ccccc6)c6ccccc6)cc5c5cc(N(c6ccccc6)c6ccccc6)ccc54)cc3)c2cc1C.